The van der Waals surface area contributed by atoms with Crippen LogP contribution in [0.3, 0.4) is 0 Å². The van der Waals surface area contributed by atoms with Crippen molar-refractivity contribution in [1.82, 2.24) is 15.1 Å². The number of nitrogens with zero attached hydrogens (tertiary/aromatic N) is 2. The molecular formula is C20H19FN4O2. The summed E-state index contributed by atoms with van der Waals surface area (Å²) in [5.41, 5.74) is 1.22. The molecule has 0 unspecified atom stereocenters. The number of carbonyl (C=O) groups excluding carboxylic acids is 2. The van der Waals surface area contributed by atoms with Crippen LogP contribution in [0.4, 0.5) is 10.2 Å². The van der Waals surface area contributed by atoms with Crippen molar-refractivity contribution in [2.45, 2.75) is 6.42 Å². The number of anilines is 1. The number of nitrogens with one attached hydrogen (secondary N) is 2. The van der Waals surface area contributed by atoms with E-state index in [-0.39, 0.29) is 29.9 Å². The Hall–Kier alpha value is -3.48. The fourth-order valence-electron chi connectivity index (χ4n) is 2.58. The minimum absolute atomic E-state index is 0.175. The van der Waals surface area contributed by atoms with E-state index in [0.29, 0.717) is 23.4 Å². The van der Waals surface area contributed by atoms with Crippen LogP contribution in [-0.4, -0.2) is 28.1 Å². The Morgan fingerprint density at radius 1 is 1.04 bits per heavy atom. The molecule has 0 atom stereocenters. The van der Waals surface area contributed by atoms with Crippen LogP contribution in [0.1, 0.15) is 26.4 Å². The third kappa shape index (κ3) is 4.58. The summed E-state index contributed by atoms with van der Waals surface area (Å²) < 4.78 is 15.0. The number of rotatable bonds is 6. The molecule has 2 aromatic carbocycles. The molecule has 0 saturated carbocycles. The highest BCUT2D eigenvalue weighted by molar-refractivity contribution is 6.04. The van der Waals surface area contributed by atoms with Crippen molar-refractivity contribution in [1.29, 1.82) is 0 Å². The van der Waals surface area contributed by atoms with Gasteiger partial charge in [0.2, 0.25) is 0 Å². The van der Waals surface area contributed by atoms with Gasteiger partial charge in [-0.05, 0) is 30.2 Å². The van der Waals surface area contributed by atoms with Crippen LogP contribution in [-0.2, 0) is 13.5 Å². The fourth-order valence-corrected chi connectivity index (χ4v) is 2.58. The molecule has 7 heteroatoms. The number of amides is 2. The molecular weight excluding hydrogens is 347 g/mol. The van der Waals surface area contributed by atoms with E-state index >= 15 is 0 Å². The van der Waals surface area contributed by atoms with Gasteiger partial charge in [0, 0.05) is 25.2 Å². The summed E-state index contributed by atoms with van der Waals surface area (Å²) in [4.78, 5) is 24.5. The zero-order chi connectivity index (χ0) is 19.2. The molecule has 0 aliphatic heterocycles. The molecule has 0 aliphatic carbocycles. The van der Waals surface area contributed by atoms with Gasteiger partial charge >= 0.3 is 0 Å². The van der Waals surface area contributed by atoms with Crippen LogP contribution in [0.2, 0.25) is 0 Å². The van der Waals surface area contributed by atoms with Crippen molar-refractivity contribution in [3.05, 3.63) is 83.3 Å². The SMILES string of the molecule is Cn1nc(C(=O)NCCc2ccccc2F)cc1NC(=O)c1ccccc1. The molecule has 138 valence electrons. The summed E-state index contributed by atoms with van der Waals surface area (Å²) in [6.07, 6.45) is 0.378. The largest absolute Gasteiger partial charge is 0.350 e. The molecule has 2 amide bonds. The number of aromatic nitrogens is 2. The van der Waals surface area contributed by atoms with E-state index in [2.05, 4.69) is 15.7 Å². The van der Waals surface area contributed by atoms with Gasteiger partial charge in [0.05, 0.1) is 0 Å². The third-order valence-corrected chi connectivity index (χ3v) is 4.03. The molecule has 0 spiro atoms. The number of halogens is 1. The van der Waals surface area contributed by atoms with Gasteiger partial charge in [-0.1, -0.05) is 36.4 Å². The first kappa shape index (κ1) is 18.3. The molecule has 0 aliphatic rings. The van der Waals surface area contributed by atoms with Crippen molar-refractivity contribution in [2.75, 3.05) is 11.9 Å². The van der Waals surface area contributed by atoms with Crippen molar-refractivity contribution in [3.8, 4) is 0 Å². The second-order valence-corrected chi connectivity index (χ2v) is 5.96. The smallest absolute Gasteiger partial charge is 0.271 e. The molecule has 0 fully saturated rings. The van der Waals surface area contributed by atoms with Gasteiger partial charge in [-0.25, -0.2) is 4.39 Å². The molecule has 27 heavy (non-hydrogen) atoms. The van der Waals surface area contributed by atoms with Gasteiger partial charge < -0.3 is 10.6 Å². The Bertz CT molecular complexity index is 954. The predicted molar refractivity (Wildman–Crippen MR) is 100 cm³/mol. The molecule has 3 aromatic rings. The first-order valence-corrected chi connectivity index (χ1v) is 8.46. The van der Waals surface area contributed by atoms with Crippen molar-refractivity contribution in [2.24, 2.45) is 7.05 Å². The molecule has 2 N–H and O–H groups in total. The molecule has 6 nitrogen and oxygen atoms in total. The molecule has 0 saturated heterocycles. The zero-order valence-corrected chi connectivity index (χ0v) is 14.8. The summed E-state index contributed by atoms with van der Waals surface area (Å²) in [5.74, 6) is -0.564. The summed E-state index contributed by atoms with van der Waals surface area (Å²) >= 11 is 0. The van der Waals surface area contributed by atoms with Gasteiger partial charge in [0.15, 0.2) is 5.69 Å². The Morgan fingerprint density at radius 2 is 1.74 bits per heavy atom. The van der Waals surface area contributed by atoms with Crippen molar-refractivity contribution in [3.63, 3.8) is 0 Å². The zero-order valence-electron chi connectivity index (χ0n) is 14.8. The minimum atomic E-state index is -0.387. The standard InChI is InChI=1S/C20H19FN4O2/c1-25-18(23-19(26)15-8-3-2-4-9-15)13-17(24-25)20(27)22-12-11-14-7-5-6-10-16(14)21/h2-10,13H,11-12H2,1H3,(H,22,27)(H,23,26). The highest BCUT2D eigenvalue weighted by Gasteiger charge is 2.15. The Balaban J connectivity index is 1.59. The van der Waals surface area contributed by atoms with E-state index in [1.54, 1.807) is 49.5 Å². The van der Waals surface area contributed by atoms with E-state index in [1.165, 1.54) is 16.8 Å². The lowest BCUT2D eigenvalue weighted by Crippen LogP contribution is -2.26. The Kier molecular flexibility index (Phi) is 5.61. The number of hydrogen-bond donors (Lipinski definition) is 2. The maximum atomic E-state index is 13.6. The summed E-state index contributed by atoms with van der Waals surface area (Å²) in [6, 6.07) is 16.7. The monoisotopic (exact) mass is 366 g/mol. The number of carbonyl (C=O) groups is 2. The molecule has 1 heterocycles. The number of benzene rings is 2. The van der Waals surface area contributed by atoms with E-state index in [0.717, 1.165) is 0 Å². The topological polar surface area (TPSA) is 76.0 Å². The van der Waals surface area contributed by atoms with Crippen LogP contribution < -0.4 is 10.6 Å². The van der Waals surface area contributed by atoms with Gasteiger partial charge in [-0.15, -0.1) is 0 Å². The van der Waals surface area contributed by atoms with Crippen molar-refractivity contribution < 1.29 is 14.0 Å². The fraction of sp³-hybridized carbons (Fsp3) is 0.150. The highest BCUT2D eigenvalue weighted by atomic mass is 19.1. The van der Waals surface area contributed by atoms with E-state index in [4.69, 9.17) is 0 Å². The average Bonchev–Trinajstić information content (AvgIpc) is 3.04. The highest BCUT2D eigenvalue weighted by Crippen LogP contribution is 2.12. The lowest BCUT2D eigenvalue weighted by atomic mass is 10.1. The summed E-state index contributed by atoms with van der Waals surface area (Å²) in [5, 5.41) is 9.55. The molecule has 1 aromatic heterocycles. The van der Waals surface area contributed by atoms with Crippen LogP contribution in [0.5, 0.6) is 0 Å². The molecule has 0 bridgehead atoms. The maximum absolute atomic E-state index is 13.6. The van der Waals surface area contributed by atoms with Crippen LogP contribution in [0.25, 0.3) is 0 Å². The summed E-state index contributed by atoms with van der Waals surface area (Å²) in [7, 11) is 1.64. The third-order valence-electron chi connectivity index (χ3n) is 4.03. The first-order chi connectivity index (χ1) is 13.0. The maximum Gasteiger partial charge on any atom is 0.271 e. The average molecular weight is 366 g/mol. The number of hydrogen-bond acceptors (Lipinski definition) is 3. The number of aryl methyl sites for hydroxylation is 1. The quantitative estimate of drug-likeness (QED) is 0.704. The van der Waals surface area contributed by atoms with Gasteiger partial charge in [0.1, 0.15) is 11.6 Å². The second-order valence-electron chi connectivity index (χ2n) is 5.96. The Morgan fingerprint density at radius 3 is 2.48 bits per heavy atom. The van der Waals surface area contributed by atoms with Gasteiger partial charge in [-0.3, -0.25) is 14.3 Å². The van der Waals surface area contributed by atoms with Crippen LogP contribution in [0, 0.1) is 5.82 Å². The summed E-state index contributed by atoms with van der Waals surface area (Å²) in [6.45, 7) is 0.280. The Labute approximate surface area is 156 Å². The first-order valence-electron chi connectivity index (χ1n) is 8.46. The normalized spacial score (nSPS) is 10.4. The predicted octanol–water partition coefficient (Wildman–Crippen LogP) is 2.78. The van der Waals surface area contributed by atoms with Crippen LogP contribution >= 0.6 is 0 Å². The van der Waals surface area contributed by atoms with Crippen molar-refractivity contribution >= 4 is 17.6 Å². The molecule has 0 radical (unpaired) electrons. The van der Waals surface area contributed by atoms with Gasteiger partial charge in [-0.2, -0.15) is 5.10 Å². The van der Waals surface area contributed by atoms with E-state index < -0.39 is 0 Å². The minimum Gasteiger partial charge on any atom is -0.350 e. The molecule has 3 rings (SSSR count). The van der Waals surface area contributed by atoms with Gasteiger partial charge in [0.25, 0.3) is 11.8 Å². The van der Waals surface area contributed by atoms with Crippen LogP contribution in [0.15, 0.2) is 60.7 Å². The van der Waals surface area contributed by atoms with E-state index in [9.17, 15) is 14.0 Å². The van der Waals surface area contributed by atoms with E-state index in [1.807, 2.05) is 6.07 Å². The second kappa shape index (κ2) is 8.27. The lowest BCUT2D eigenvalue weighted by Gasteiger charge is -2.04. The lowest BCUT2D eigenvalue weighted by molar-refractivity contribution is 0.0947.